The minimum atomic E-state index is -0.794. The lowest BCUT2D eigenvalue weighted by Gasteiger charge is -2.01. The van der Waals surface area contributed by atoms with E-state index in [0.29, 0.717) is 5.58 Å². The Hall–Kier alpha value is -2.30. The highest BCUT2D eigenvalue weighted by atomic mass is 16.4. The van der Waals surface area contributed by atoms with Crippen LogP contribution in [-0.4, -0.2) is 6.03 Å². The van der Waals surface area contributed by atoms with Gasteiger partial charge in [0, 0.05) is 5.39 Å². The van der Waals surface area contributed by atoms with Gasteiger partial charge in [0.05, 0.1) is 0 Å². The van der Waals surface area contributed by atoms with Crippen molar-refractivity contribution in [2.45, 2.75) is 0 Å². The largest absolute Gasteiger partial charge is 0.421 e. The summed E-state index contributed by atoms with van der Waals surface area (Å²) in [6.45, 7) is 0. The van der Waals surface area contributed by atoms with E-state index in [2.05, 4.69) is 5.32 Å². The van der Waals surface area contributed by atoms with Gasteiger partial charge in [-0.25, -0.2) is 9.59 Å². The summed E-state index contributed by atoms with van der Waals surface area (Å²) in [4.78, 5) is 21.9. The number of primary amides is 1. The van der Waals surface area contributed by atoms with E-state index in [1.54, 1.807) is 24.3 Å². The maximum Gasteiger partial charge on any atom is 0.360 e. The van der Waals surface area contributed by atoms with Crippen LogP contribution in [0.5, 0.6) is 0 Å². The van der Waals surface area contributed by atoms with Crippen molar-refractivity contribution in [3.8, 4) is 0 Å². The highest BCUT2D eigenvalue weighted by Crippen LogP contribution is 2.14. The minimum Gasteiger partial charge on any atom is -0.421 e. The standard InChI is InChI=1S/C10H8N2O3/c11-10(14)12-7-5-6-3-1-2-4-8(6)15-9(7)13/h1-5H,(H3,11,12,14). The van der Waals surface area contributed by atoms with Gasteiger partial charge in [0.25, 0.3) is 0 Å². The topological polar surface area (TPSA) is 85.3 Å². The zero-order valence-corrected chi connectivity index (χ0v) is 7.69. The van der Waals surface area contributed by atoms with Crippen LogP contribution in [0.4, 0.5) is 10.5 Å². The molecule has 3 N–H and O–H groups in total. The van der Waals surface area contributed by atoms with Crippen molar-refractivity contribution in [2.24, 2.45) is 5.73 Å². The van der Waals surface area contributed by atoms with Crippen LogP contribution in [0.2, 0.25) is 0 Å². The summed E-state index contributed by atoms with van der Waals surface area (Å²) in [5.74, 6) is 0. The fourth-order valence-corrected chi connectivity index (χ4v) is 1.28. The lowest BCUT2D eigenvalue weighted by molar-refractivity contribution is 0.259. The normalized spacial score (nSPS) is 10.1. The Morgan fingerprint density at radius 1 is 1.33 bits per heavy atom. The predicted octanol–water partition coefficient (Wildman–Crippen LogP) is 1.28. The summed E-state index contributed by atoms with van der Waals surface area (Å²) in [5, 5.41) is 2.92. The molecular weight excluding hydrogens is 196 g/mol. The molecule has 0 aliphatic carbocycles. The van der Waals surface area contributed by atoms with Crippen molar-refractivity contribution in [3.63, 3.8) is 0 Å². The van der Waals surface area contributed by atoms with Crippen LogP contribution in [0, 0.1) is 0 Å². The maximum absolute atomic E-state index is 11.3. The number of nitrogens with one attached hydrogen (secondary N) is 1. The van der Waals surface area contributed by atoms with Crippen LogP contribution in [0.3, 0.4) is 0 Å². The number of carbonyl (C=O) groups is 1. The first kappa shape index (κ1) is 9.26. The third kappa shape index (κ3) is 1.80. The Kier molecular flexibility index (Phi) is 2.13. The molecular formula is C10H8N2O3. The lowest BCUT2D eigenvalue weighted by Crippen LogP contribution is -2.23. The molecule has 0 spiro atoms. The molecule has 76 valence electrons. The maximum atomic E-state index is 11.3. The Morgan fingerprint density at radius 2 is 2.07 bits per heavy atom. The summed E-state index contributed by atoms with van der Waals surface area (Å²) in [7, 11) is 0. The van der Waals surface area contributed by atoms with E-state index in [-0.39, 0.29) is 5.69 Å². The number of urea groups is 1. The summed E-state index contributed by atoms with van der Waals surface area (Å²) in [5.41, 5.74) is 4.80. The molecule has 0 radical (unpaired) electrons. The summed E-state index contributed by atoms with van der Waals surface area (Å²) in [6.07, 6.45) is 0. The second kappa shape index (κ2) is 3.45. The second-order valence-electron chi connectivity index (χ2n) is 2.97. The van der Waals surface area contributed by atoms with Gasteiger partial charge in [-0.15, -0.1) is 0 Å². The van der Waals surface area contributed by atoms with Crippen molar-refractivity contribution in [3.05, 3.63) is 40.8 Å². The monoisotopic (exact) mass is 204 g/mol. The van der Waals surface area contributed by atoms with Gasteiger partial charge in [-0.3, -0.25) is 0 Å². The number of nitrogens with two attached hydrogens (primary N) is 1. The van der Waals surface area contributed by atoms with Gasteiger partial charge in [0.15, 0.2) is 0 Å². The van der Waals surface area contributed by atoms with E-state index >= 15 is 0 Å². The number of anilines is 1. The predicted molar refractivity (Wildman–Crippen MR) is 55.7 cm³/mol. The number of hydrogen-bond acceptors (Lipinski definition) is 3. The van der Waals surface area contributed by atoms with Crippen LogP contribution in [0.25, 0.3) is 11.0 Å². The molecule has 0 fully saturated rings. The lowest BCUT2D eigenvalue weighted by atomic mass is 10.2. The Morgan fingerprint density at radius 3 is 2.80 bits per heavy atom. The first-order valence-corrected chi connectivity index (χ1v) is 4.26. The number of hydrogen-bond donors (Lipinski definition) is 2. The van der Waals surface area contributed by atoms with Crippen molar-refractivity contribution in [1.29, 1.82) is 0 Å². The van der Waals surface area contributed by atoms with E-state index in [1.807, 2.05) is 0 Å². The summed E-state index contributed by atoms with van der Waals surface area (Å²) < 4.78 is 4.97. The Labute approximate surface area is 84.5 Å². The number of carbonyl (C=O) groups excluding carboxylic acids is 1. The minimum absolute atomic E-state index is 0.0428. The Balaban J connectivity index is 2.62. The number of amides is 2. The zero-order valence-electron chi connectivity index (χ0n) is 7.69. The van der Waals surface area contributed by atoms with Gasteiger partial charge in [0.2, 0.25) is 0 Å². The average Bonchev–Trinajstić information content (AvgIpc) is 2.18. The molecule has 2 aromatic rings. The van der Waals surface area contributed by atoms with Gasteiger partial charge >= 0.3 is 11.7 Å². The highest BCUT2D eigenvalue weighted by molar-refractivity contribution is 5.90. The van der Waals surface area contributed by atoms with Crippen LogP contribution < -0.4 is 16.7 Å². The Bertz CT molecular complexity index is 574. The fourth-order valence-electron chi connectivity index (χ4n) is 1.28. The van der Waals surface area contributed by atoms with E-state index in [9.17, 15) is 9.59 Å². The van der Waals surface area contributed by atoms with Crippen molar-refractivity contribution >= 4 is 22.7 Å². The van der Waals surface area contributed by atoms with E-state index in [0.717, 1.165) is 5.39 Å². The van der Waals surface area contributed by atoms with Crippen molar-refractivity contribution in [2.75, 3.05) is 5.32 Å². The molecule has 0 saturated carbocycles. The molecule has 0 unspecified atom stereocenters. The first-order valence-electron chi connectivity index (χ1n) is 4.26. The molecule has 5 heteroatoms. The van der Waals surface area contributed by atoms with Crippen LogP contribution in [0.15, 0.2) is 39.5 Å². The van der Waals surface area contributed by atoms with Crippen molar-refractivity contribution in [1.82, 2.24) is 0 Å². The number of benzene rings is 1. The van der Waals surface area contributed by atoms with Gasteiger partial charge in [-0.1, -0.05) is 18.2 Å². The number of para-hydroxylation sites is 1. The second-order valence-corrected chi connectivity index (χ2v) is 2.97. The van der Waals surface area contributed by atoms with Crippen LogP contribution in [0.1, 0.15) is 0 Å². The molecule has 0 atom stereocenters. The molecule has 2 rings (SSSR count). The van der Waals surface area contributed by atoms with Crippen molar-refractivity contribution < 1.29 is 9.21 Å². The molecule has 0 bridgehead atoms. The molecule has 5 nitrogen and oxygen atoms in total. The third-order valence-electron chi connectivity index (χ3n) is 1.90. The molecule has 0 saturated heterocycles. The third-order valence-corrected chi connectivity index (χ3v) is 1.90. The average molecular weight is 204 g/mol. The van der Waals surface area contributed by atoms with E-state index in [1.165, 1.54) is 6.07 Å². The van der Waals surface area contributed by atoms with E-state index in [4.69, 9.17) is 10.2 Å². The first-order chi connectivity index (χ1) is 7.16. The quantitative estimate of drug-likeness (QED) is 0.686. The summed E-state index contributed by atoms with van der Waals surface area (Å²) in [6, 6.07) is 7.72. The zero-order chi connectivity index (χ0) is 10.8. The molecule has 1 heterocycles. The number of rotatable bonds is 1. The molecule has 1 aromatic carbocycles. The van der Waals surface area contributed by atoms with Gasteiger partial charge in [-0.05, 0) is 12.1 Å². The SMILES string of the molecule is NC(=O)Nc1cc2ccccc2oc1=O. The van der Waals surface area contributed by atoms with E-state index < -0.39 is 11.7 Å². The fraction of sp³-hybridized carbons (Fsp3) is 0. The molecule has 0 aliphatic rings. The van der Waals surface area contributed by atoms with Gasteiger partial charge < -0.3 is 15.5 Å². The summed E-state index contributed by atoms with van der Waals surface area (Å²) >= 11 is 0. The highest BCUT2D eigenvalue weighted by Gasteiger charge is 2.05. The molecule has 0 aliphatic heterocycles. The number of fused-ring (bicyclic) bond motifs is 1. The van der Waals surface area contributed by atoms with Gasteiger partial charge in [0.1, 0.15) is 11.3 Å². The van der Waals surface area contributed by atoms with Crippen LogP contribution in [-0.2, 0) is 0 Å². The molecule has 1 aromatic heterocycles. The molecule has 15 heavy (non-hydrogen) atoms. The van der Waals surface area contributed by atoms with Gasteiger partial charge in [-0.2, -0.15) is 0 Å². The molecule has 2 amide bonds. The smallest absolute Gasteiger partial charge is 0.360 e. The van der Waals surface area contributed by atoms with Crippen LogP contribution >= 0.6 is 0 Å².